The average Bonchev–Trinajstić information content (AvgIpc) is 2.79. The summed E-state index contributed by atoms with van der Waals surface area (Å²) in [5, 5.41) is 11.6. The van der Waals surface area contributed by atoms with Gasteiger partial charge in [-0.1, -0.05) is 18.2 Å². The van der Waals surface area contributed by atoms with Gasteiger partial charge in [0, 0.05) is 18.3 Å². The summed E-state index contributed by atoms with van der Waals surface area (Å²) in [6.45, 7) is 1.73. The largest absolute Gasteiger partial charge is 0.495 e. The van der Waals surface area contributed by atoms with Crippen molar-refractivity contribution < 1.29 is 17.9 Å². The Kier molecular flexibility index (Phi) is 6.28. The van der Waals surface area contributed by atoms with Crippen molar-refractivity contribution in [2.45, 2.75) is 11.8 Å². The van der Waals surface area contributed by atoms with Crippen molar-refractivity contribution in [1.82, 2.24) is 0 Å². The lowest BCUT2D eigenvalue weighted by atomic mass is 10.1. The molecule has 3 rings (SSSR count). The summed E-state index contributed by atoms with van der Waals surface area (Å²) in [4.78, 5) is 12.8. The Hall–Kier alpha value is -3.83. The number of aryl methyl sites for hydroxylation is 1. The van der Waals surface area contributed by atoms with Crippen LogP contribution in [0.25, 0.3) is 0 Å². The van der Waals surface area contributed by atoms with Crippen molar-refractivity contribution in [3.63, 3.8) is 0 Å². The summed E-state index contributed by atoms with van der Waals surface area (Å²) in [6.07, 6.45) is 0. The second-order valence-corrected chi connectivity index (χ2v) is 8.73. The molecule has 0 aliphatic heterocycles. The molecule has 31 heavy (non-hydrogen) atoms. The van der Waals surface area contributed by atoms with E-state index >= 15 is 0 Å². The van der Waals surface area contributed by atoms with Crippen molar-refractivity contribution in [3.05, 3.63) is 83.4 Å². The summed E-state index contributed by atoms with van der Waals surface area (Å²) >= 11 is 0. The number of hydrogen-bond acceptors (Lipinski definition) is 5. The van der Waals surface area contributed by atoms with Gasteiger partial charge >= 0.3 is 0 Å². The minimum absolute atomic E-state index is 0.0171. The van der Waals surface area contributed by atoms with E-state index < -0.39 is 15.9 Å². The number of methoxy groups -OCH3 is 1. The van der Waals surface area contributed by atoms with E-state index in [9.17, 15) is 13.2 Å². The number of nitrogens with zero attached hydrogens (tertiary/aromatic N) is 2. The highest BCUT2D eigenvalue weighted by Gasteiger charge is 2.25. The van der Waals surface area contributed by atoms with Gasteiger partial charge in [0.1, 0.15) is 5.75 Å². The first kappa shape index (κ1) is 21.9. The summed E-state index contributed by atoms with van der Waals surface area (Å²) in [6, 6.07) is 19.6. The zero-order valence-corrected chi connectivity index (χ0v) is 18.1. The van der Waals surface area contributed by atoms with E-state index in [1.807, 2.05) is 6.07 Å². The van der Waals surface area contributed by atoms with Crippen LogP contribution in [0.5, 0.6) is 5.75 Å². The molecule has 0 fully saturated rings. The van der Waals surface area contributed by atoms with E-state index in [1.54, 1.807) is 61.5 Å². The van der Waals surface area contributed by atoms with Gasteiger partial charge in [0.2, 0.25) is 0 Å². The lowest BCUT2D eigenvalue weighted by molar-refractivity contribution is 0.102. The Morgan fingerprint density at radius 1 is 1.06 bits per heavy atom. The molecule has 0 spiro atoms. The number of carbonyl (C=O) groups excluding carboxylic acids is 1. The van der Waals surface area contributed by atoms with Crippen molar-refractivity contribution in [3.8, 4) is 11.8 Å². The van der Waals surface area contributed by atoms with Crippen LogP contribution in [0.3, 0.4) is 0 Å². The molecule has 3 aromatic rings. The molecule has 158 valence electrons. The molecule has 3 aromatic carbocycles. The first-order valence-electron chi connectivity index (χ1n) is 9.32. The number of ether oxygens (including phenoxy) is 1. The number of rotatable bonds is 6. The van der Waals surface area contributed by atoms with E-state index in [4.69, 9.17) is 10.00 Å². The van der Waals surface area contributed by atoms with Crippen LogP contribution in [0.15, 0.2) is 71.6 Å². The van der Waals surface area contributed by atoms with Gasteiger partial charge in [0.25, 0.3) is 15.9 Å². The van der Waals surface area contributed by atoms with E-state index in [-0.39, 0.29) is 10.5 Å². The second kappa shape index (κ2) is 8.90. The van der Waals surface area contributed by atoms with Crippen molar-refractivity contribution in [2.24, 2.45) is 0 Å². The molecular weight excluding hydrogens is 414 g/mol. The maximum absolute atomic E-state index is 13.2. The molecule has 1 N–H and O–H groups in total. The summed E-state index contributed by atoms with van der Waals surface area (Å²) < 4.78 is 32.8. The van der Waals surface area contributed by atoms with Crippen LogP contribution in [0.2, 0.25) is 0 Å². The van der Waals surface area contributed by atoms with Crippen LogP contribution in [0, 0.1) is 18.3 Å². The molecule has 0 aliphatic carbocycles. The molecule has 1 amide bonds. The summed E-state index contributed by atoms with van der Waals surface area (Å²) in [5.41, 5.74) is 2.22. The zero-order valence-electron chi connectivity index (χ0n) is 17.3. The number of benzene rings is 3. The van der Waals surface area contributed by atoms with Gasteiger partial charge in [0.05, 0.1) is 29.3 Å². The first-order valence-corrected chi connectivity index (χ1v) is 10.8. The zero-order chi connectivity index (χ0) is 22.6. The fourth-order valence-electron chi connectivity index (χ4n) is 3.01. The molecule has 7 nitrogen and oxygen atoms in total. The van der Waals surface area contributed by atoms with Gasteiger partial charge < -0.3 is 10.1 Å². The molecule has 0 saturated heterocycles. The lowest BCUT2D eigenvalue weighted by Gasteiger charge is -2.22. The van der Waals surface area contributed by atoms with E-state index in [0.29, 0.717) is 28.3 Å². The average molecular weight is 436 g/mol. The van der Waals surface area contributed by atoms with E-state index in [1.165, 1.54) is 26.3 Å². The van der Waals surface area contributed by atoms with Gasteiger partial charge in [-0.25, -0.2) is 8.42 Å². The van der Waals surface area contributed by atoms with Crippen molar-refractivity contribution in [2.75, 3.05) is 23.8 Å². The minimum Gasteiger partial charge on any atom is -0.495 e. The Morgan fingerprint density at radius 3 is 2.39 bits per heavy atom. The minimum atomic E-state index is -3.94. The molecular formula is C23H21N3O4S. The SMILES string of the molecule is COc1ccccc1N(C)S(=O)(=O)c1ccc(C)c(C(=O)Nc2ccc(C#N)cc2)c1. The summed E-state index contributed by atoms with van der Waals surface area (Å²) in [5.74, 6) is -0.0290. The molecule has 0 unspecified atom stereocenters. The third-order valence-corrected chi connectivity index (χ3v) is 6.58. The predicted octanol–water partition coefficient (Wildman–Crippen LogP) is 3.95. The highest BCUT2D eigenvalue weighted by molar-refractivity contribution is 7.92. The normalized spacial score (nSPS) is 10.8. The van der Waals surface area contributed by atoms with Gasteiger partial charge in [0.15, 0.2) is 0 Å². The van der Waals surface area contributed by atoms with Crippen LogP contribution >= 0.6 is 0 Å². The van der Waals surface area contributed by atoms with Crippen LogP contribution in [0.1, 0.15) is 21.5 Å². The van der Waals surface area contributed by atoms with Crippen LogP contribution in [0.4, 0.5) is 11.4 Å². The van der Waals surface area contributed by atoms with Crippen LogP contribution in [-0.2, 0) is 10.0 Å². The first-order chi connectivity index (χ1) is 14.8. The smallest absolute Gasteiger partial charge is 0.264 e. The lowest BCUT2D eigenvalue weighted by Crippen LogP contribution is -2.27. The van der Waals surface area contributed by atoms with Gasteiger partial charge in [-0.2, -0.15) is 5.26 Å². The maximum Gasteiger partial charge on any atom is 0.264 e. The third-order valence-electron chi connectivity index (χ3n) is 4.81. The van der Waals surface area contributed by atoms with Crippen molar-refractivity contribution >= 4 is 27.3 Å². The predicted molar refractivity (Wildman–Crippen MR) is 119 cm³/mol. The Bertz CT molecular complexity index is 1260. The number of nitriles is 1. The quantitative estimate of drug-likeness (QED) is 0.632. The number of nitrogens with one attached hydrogen (secondary N) is 1. The maximum atomic E-state index is 13.2. The number of amides is 1. The monoisotopic (exact) mass is 435 g/mol. The number of anilines is 2. The number of carbonyl (C=O) groups is 1. The van der Waals surface area contributed by atoms with E-state index in [2.05, 4.69) is 5.32 Å². The summed E-state index contributed by atoms with van der Waals surface area (Å²) in [7, 11) is -1.04. The Balaban J connectivity index is 1.93. The number of para-hydroxylation sites is 2. The number of sulfonamides is 1. The Labute approximate surface area is 181 Å². The molecule has 0 saturated carbocycles. The molecule has 0 aliphatic rings. The van der Waals surface area contributed by atoms with E-state index in [0.717, 1.165) is 4.31 Å². The molecule has 0 aromatic heterocycles. The second-order valence-electron chi connectivity index (χ2n) is 6.76. The Morgan fingerprint density at radius 2 is 1.74 bits per heavy atom. The fourth-order valence-corrected chi connectivity index (χ4v) is 4.24. The highest BCUT2D eigenvalue weighted by Crippen LogP contribution is 2.31. The molecule has 8 heteroatoms. The number of hydrogen-bond donors (Lipinski definition) is 1. The molecule has 0 radical (unpaired) electrons. The molecule has 0 heterocycles. The standard InChI is InChI=1S/C23H21N3O4S/c1-16-8-13-19(31(28,29)26(2)21-6-4-5-7-22(21)30-3)14-20(16)23(27)25-18-11-9-17(15-24)10-12-18/h4-14H,1-3H3,(H,25,27). The molecule has 0 atom stereocenters. The third kappa shape index (κ3) is 4.52. The van der Waals surface area contributed by atoms with Gasteiger partial charge in [-0.15, -0.1) is 0 Å². The van der Waals surface area contributed by atoms with Crippen LogP contribution < -0.4 is 14.4 Å². The fraction of sp³-hybridized carbons (Fsp3) is 0.130. The molecule has 0 bridgehead atoms. The highest BCUT2D eigenvalue weighted by atomic mass is 32.2. The van der Waals surface area contributed by atoms with Crippen molar-refractivity contribution in [1.29, 1.82) is 5.26 Å². The van der Waals surface area contributed by atoms with Gasteiger partial charge in [-0.3, -0.25) is 9.10 Å². The van der Waals surface area contributed by atoms with Gasteiger partial charge in [-0.05, 0) is 61.0 Å². The van der Waals surface area contributed by atoms with Crippen LogP contribution in [-0.4, -0.2) is 28.5 Å². The topological polar surface area (TPSA) is 99.5 Å².